The highest BCUT2D eigenvalue weighted by atomic mass is 14.1. The Morgan fingerprint density at radius 3 is 1.62 bits per heavy atom. The molecule has 0 saturated heterocycles. The lowest BCUT2D eigenvalue weighted by Gasteiger charge is -2.10. The van der Waals surface area contributed by atoms with E-state index in [4.69, 9.17) is 0 Å². The molecule has 0 nitrogen and oxygen atoms in total. The van der Waals surface area contributed by atoms with Crippen LogP contribution in [0.1, 0.15) is 11.1 Å². The predicted molar refractivity (Wildman–Crippen MR) is 103 cm³/mol. The van der Waals surface area contributed by atoms with Crippen molar-refractivity contribution in [2.45, 2.75) is 0 Å². The van der Waals surface area contributed by atoms with E-state index < -0.39 is 0 Å². The molecule has 5 aromatic rings. The van der Waals surface area contributed by atoms with Crippen LogP contribution in [0, 0.1) is 11.8 Å². The number of rotatable bonds is 0. The summed E-state index contributed by atoms with van der Waals surface area (Å²) in [5, 5.41) is 7.82. The minimum Gasteiger partial charge on any atom is -0.0622 e. The second kappa shape index (κ2) is 5.11. The summed E-state index contributed by atoms with van der Waals surface area (Å²) in [6.45, 7) is 0. The molecule has 0 amide bonds. The van der Waals surface area contributed by atoms with Crippen LogP contribution in [0.2, 0.25) is 0 Å². The molecule has 5 rings (SSSR count). The maximum absolute atomic E-state index is 3.31. The molecule has 24 heavy (non-hydrogen) atoms. The predicted octanol–water partition coefficient (Wildman–Crippen LogP) is 5.98. The van der Waals surface area contributed by atoms with Gasteiger partial charge < -0.3 is 0 Å². The molecule has 0 saturated carbocycles. The summed E-state index contributed by atoms with van der Waals surface area (Å²) in [7, 11) is 0. The smallest absolute Gasteiger partial charge is 0.0261 e. The lowest BCUT2D eigenvalue weighted by molar-refractivity contribution is 1.64. The van der Waals surface area contributed by atoms with E-state index in [1.165, 1.54) is 32.3 Å². The fraction of sp³-hybridized carbons (Fsp3) is 0. The van der Waals surface area contributed by atoms with Crippen molar-refractivity contribution in [1.82, 2.24) is 0 Å². The Bertz CT molecular complexity index is 1170. The van der Waals surface area contributed by atoms with Gasteiger partial charge in [0.1, 0.15) is 0 Å². The van der Waals surface area contributed by atoms with Gasteiger partial charge in [-0.2, -0.15) is 0 Å². The van der Waals surface area contributed by atoms with Crippen molar-refractivity contribution in [2.24, 2.45) is 0 Å². The molecule has 0 aliphatic carbocycles. The van der Waals surface area contributed by atoms with Crippen LogP contribution < -0.4 is 0 Å². The highest BCUT2D eigenvalue weighted by molar-refractivity contribution is 6.23. The Balaban J connectivity index is 1.77. The Kier molecular flexibility index (Phi) is 2.81. The number of hydrogen-bond acceptors (Lipinski definition) is 0. The second-order valence-electron chi connectivity index (χ2n) is 6.12. The molecule has 0 N–H and O–H groups in total. The molecule has 0 heterocycles. The van der Waals surface area contributed by atoms with Crippen molar-refractivity contribution in [3.05, 3.63) is 96.1 Å². The summed E-state index contributed by atoms with van der Waals surface area (Å²) in [4.78, 5) is 0. The van der Waals surface area contributed by atoms with E-state index in [9.17, 15) is 0 Å². The standard InChI is InChI=1S/C24H14/c1-2-5-17(6-3-1)9-10-18-15-21-13-11-19-7-4-8-20-12-14-22(16-18)24(21)23(19)20/h1-8,11-16H. The topological polar surface area (TPSA) is 0 Å². The molecule has 0 aromatic heterocycles. The molecule has 0 radical (unpaired) electrons. The van der Waals surface area contributed by atoms with Crippen molar-refractivity contribution in [3.8, 4) is 11.8 Å². The van der Waals surface area contributed by atoms with Crippen LogP contribution in [-0.2, 0) is 0 Å². The first-order valence-corrected chi connectivity index (χ1v) is 8.13. The average Bonchev–Trinajstić information content (AvgIpc) is 2.65. The Morgan fingerprint density at radius 1 is 0.417 bits per heavy atom. The van der Waals surface area contributed by atoms with Gasteiger partial charge in [0.05, 0.1) is 0 Å². The zero-order chi connectivity index (χ0) is 15.9. The van der Waals surface area contributed by atoms with Crippen LogP contribution in [0.4, 0.5) is 0 Å². The zero-order valence-corrected chi connectivity index (χ0v) is 13.1. The molecule has 5 aromatic carbocycles. The highest BCUT2D eigenvalue weighted by Crippen LogP contribution is 2.34. The van der Waals surface area contributed by atoms with Gasteiger partial charge in [-0.25, -0.2) is 0 Å². The van der Waals surface area contributed by atoms with E-state index in [0.717, 1.165) is 11.1 Å². The molecular weight excluding hydrogens is 288 g/mol. The summed E-state index contributed by atoms with van der Waals surface area (Å²) < 4.78 is 0. The van der Waals surface area contributed by atoms with Crippen LogP contribution >= 0.6 is 0 Å². The number of benzene rings is 5. The van der Waals surface area contributed by atoms with Crippen LogP contribution in [-0.4, -0.2) is 0 Å². The molecule has 110 valence electrons. The third-order valence-corrected chi connectivity index (χ3v) is 4.59. The first-order chi connectivity index (χ1) is 11.9. The van der Waals surface area contributed by atoms with Gasteiger partial charge in [-0.3, -0.25) is 0 Å². The largest absolute Gasteiger partial charge is 0.0622 e. The minimum atomic E-state index is 1.04. The van der Waals surface area contributed by atoms with Crippen molar-refractivity contribution < 1.29 is 0 Å². The average molecular weight is 302 g/mol. The van der Waals surface area contributed by atoms with Crippen molar-refractivity contribution in [1.29, 1.82) is 0 Å². The van der Waals surface area contributed by atoms with E-state index in [0.29, 0.717) is 0 Å². The van der Waals surface area contributed by atoms with E-state index in [-0.39, 0.29) is 0 Å². The molecule has 0 fully saturated rings. The van der Waals surface area contributed by atoms with Crippen molar-refractivity contribution in [2.75, 3.05) is 0 Å². The second-order valence-corrected chi connectivity index (χ2v) is 6.12. The van der Waals surface area contributed by atoms with Crippen LogP contribution in [0.5, 0.6) is 0 Å². The molecular formula is C24H14. The van der Waals surface area contributed by atoms with Gasteiger partial charge in [-0.1, -0.05) is 72.5 Å². The first-order valence-electron chi connectivity index (χ1n) is 8.13. The van der Waals surface area contributed by atoms with Gasteiger partial charge in [0, 0.05) is 11.1 Å². The van der Waals surface area contributed by atoms with Gasteiger partial charge in [-0.05, 0) is 56.6 Å². The van der Waals surface area contributed by atoms with Crippen LogP contribution in [0.25, 0.3) is 32.3 Å². The molecule has 0 heteroatoms. The Morgan fingerprint density at radius 2 is 0.958 bits per heavy atom. The molecule has 0 unspecified atom stereocenters. The number of hydrogen-bond donors (Lipinski definition) is 0. The van der Waals surface area contributed by atoms with E-state index in [1.54, 1.807) is 0 Å². The zero-order valence-electron chi connectivity index (χ0n) is 13.1. The maximum atomic E-state index is 3.31. The highest BCUT2D eigenvalue weighted by Gasteiger charge is 2.08. The van der Waals surface area contributed by atoms with Gasteiger partial charge >= 0.3 is 0 Å². The summed E-state index contributed by atoms with van der Waals surface area (Å²) >= 11 is 0. The van der Waals surface area contributed by atoms with E-state index in [1.807, 2.05) is 30.3 Å². The molecule has 0 aliphatic rings. The maximum Gasteiger partial charge on any atom is 0.0261 e. The van der Waals surface area contributed by atoms with Gasteiger partial charge in [-0.15, -0.1) is 0 Å². The minimum absolute atomic E-state index is 1.04. The lowest BCUT2D eigenvalue weighted by Crippen LogP contribution is -1.85. The summed E-state index contributed by atoms with van der Waals surface area (Å²) in [5.74, 6) is 6.57. The van der Waals surface area contributed by atoms with E-state index in [2.05, 4.69) is 66.4 Å². The van der Waals surface area contributed by atoms with Gasteiger partial charge in [0.2, 0.25) is 0 Å². The quantitative estimate of drug-likeness (QED) is 0.244. The van der Waals surface area contributed by atoms with Gasteiger partial charge in [0.25, 0.3) is 0 Å². The Labute approximate surface area is 140 Å². The molecule has 0 spiro atoms. The third kappa shape index (κ3) is 2.03. The van der Waals surface area contributed by atoms with Crippen molar-refractivity contribution >= 4 is 32.3 Å². The molecule has 0 bridgehead atoms. The lowest BCUT2D eigenvalue weighted by atomic mass is 9.93. The van der Waals surface area contributed by atoms with Crippen LogP contribution in [0.15, 0.2) is 84.9 Å². The van der Waals surface area contributed by atoms with E-state index >= 15 is 0 Å². The molecule has 0 aliphatic heterocycles. The van der Waals surface area contributed by atoms with Gasteiger partial charge in [0.15, 0.2) is 0 Å². The fourth-order valence-electron chi connectivity index (χ4n) is 3.49. The first kappa shape index (κ1) is 13.2. The van der Waals surface area contributed by atoms with Crippen molar-refractivity contribution in [3.63, 3.8) is 0 Å². The normalized spacial score (nSPS) is 11.0. The summed E-state index contributed by atoms with van der Waals surface area (Å²) in [5.41, 5.74) is 2.10. The van der Waals surface area contributed by atoms with Crippen LogP contribution in [0.3, 0.4) is 0 Å². The summed E-state index contributed by atoms with van der Waals surface area (Å²) in [6.07, 6.45) is 0. The summed E-state index contributed by atoms with van der Waals surface area (Å²) in [6, 6.07) is 29.8. The molecule has 0 atom stereocenters. The fourth-order valence-corrected chi connectivity index (χ4v) is 3.49. The SMILES string of the molecule is C(#Cc1cc2ccc3cccc4ccc(c1)c2c34)c1ccccc1. The monoisotopic (exact) mass is 302 g/mol. The third-order valence-electron chi connectivity index (χ3n) is 4.59. The Hall–Kier alpha value is -3.30.